The third kappa shape index (κ3) is 20.2. The topological polar surface area (TPSA) is 0 Å². The molecule has 0 bridgehead atoms. The monoisotopic (exact) mass is 408 g/mol. The van der Waals surface area contributed by atoms with Gasteiger partial charge in [0, 0.05) is 59.8 Å². The van der Waals surface area contributed by atoms with E-state index in [0.29, 0.717) is 0 Å². The first kappa shape index (κ1) is 25.2. The molecule has 0 aromatic heterocycles. The van der Waals surface area contributed by atoms with E-state index in [4.69, 9.17) is 0 Å². The van der Waals surface area contributed by atoms with Gasteiger partial charge in [0.1, 0.15) is 0 Å². The Hall–Kier alpha value is 2.73. The molecule has 0 aliphatic rings. The van der Waals surface area contributed by atoms with Crippen molar-refractivity contribution in [2.45, 2.75) is 0 Å². The predicted octanol–water partition coefficient (Wildman–Crippen LogP) is 2.11. The smallest absolute Gasteiger partial charge is 0.0341 e. The summed E-state index contributed by atoms with van der Waals surface area (Å²) in [6, 6.07) is 0. The van der Waals surface area contributed by atoms with Gasteiger partial charge in [-0.15, -0.1) is 17.0 Å². The molecule has 0 fully saturated rings. The van der Waals surface area contributed by atoms with E-state index in [1.54, 1.807) is 0 Å². The molecule has 5 heteroatoms. The molecule has 0 spiro atoms. The van der Waals surface area contributed by atoms with Crippen molar-refractivity contribution in [1.82, 2.24) is 0 Å². The maximum Gasteiger partial charge on any atom is 0.0341 e. The van der Waals surface area contributed by atoms with Crippen LogP contribution in [0, 0.1) is 0 Å². The van der Waals surface area contributed by atoms with Gasteiger partial charge in [0.15, 0.2) is 0 Å². The zero-order valence-electron chi connectivity index (χ0n) is 1.77. The van der Waals surface area contributed by atoms with E-state index in [9.17, 15) is 0 Å². The summed E-state index contributed by atoms with van der Waals surface area (Å²) in [5.41, 5.74) is 0. The summed E-state index contributed by atoms with van der Waals surface area (Å²) < 4.78 is 0. The quantitative estimate of drug-likeness (QED) is 0.535. The van der Waals surface area contributed by atoms with Crippen LogP contribution in [-0.4, -0.2) is 0 Å². The van der Waals surface area contributed by atoms with E-state index in [2.05, 4.69) is 25.1 Å². The maximum atomic E-state index is 4.45. The fourth-order valence-electron chi connectivity index (χ4n) is 0. The molecular formula is HAg2Br2Cl. The summed E-state index contributed by atoms with van der Waals surface area (Å²) in [5.74, 6) is 0. The number of rotatable bonds is 0. The molecule has 0 aromatic rings. The Morgan fingerprint density at radius 2 is 1.00 bits per heavy atom. The minimum absolute atomic E-state index is 0. The summed E-state index contributed by atoms with van der Waals surface area (Å²) in [6.07, 6.45) is 0. The van der Waals surface area contributed by atoms with Crippen LogP contribution in [0.1, 0.15) is 0 Å². The maximum absolute atomic E-state index is 4.45. The molecule has 5 heavy (non-hydrogen) atoms. The minimum atomic E-state index is 0. The molecule has 0 unspecified atom stereocenters. The molecule has 0 heterocycles. The van der Waals surface area contributed by atoms with Crippen LogP contribution < -0.4 is 0 Å². The Morgan fingerprint density at radius 3 is 1.00 bits per heavy atom. The molecule has 0 nitrogen and oxygen atoms in total. The van der Waals surface area contributed by atoms with Gasteiger partial charge in [0.25, 0.3) is 0 Å². The van der Waals surface area contributed by atoms with Crippen LogP contribution in [0.3, 0.4) is 0 Å². The standard InChI is InChI=1S/2Ag.BrCl.BrH/c;;1-2;/h;;;1H. The summed E-state index contributed by atoms with van der Waals surface area (Å²) in [7, 11) is 4.45. The number of hydrogen-bond donors (Lipinski definition) is 0. The summed E-state index contributed by atoms with van der Waals surface area (Å²) in [5, 5.41) is 0. The Kier molecular flexibility index (Phi) is 149. The second-order valence-electron chi connectivity index (χ2n) is 0. The summed E-state index contributed by atoms with van der Waals surface area (Å²) in [6.45, 7) is 0. The molecule has 0 N–H and O–H groups in total. The van der Waals surface area contributed by atoms with Crippen LogP contribution in [0.2, 0.25) is 0 Å². The van der Waals surface area contributed by atoms with E-state index in [1.807, 2.05) is 0 Å². The average Bonchev–Trinajstić information content (AvgIpc) is 1.00. The molecule has 0 aromatic carbocycles. The van der Waals surface area contributed by atoms with E-state index >= 15 is 0 Å². The zero-order valence-corrected chi connectivity index (χ0v) is 8.79. The molecular weight excluding hydrogens is 411 g/mol. The Bertz CT molecular complexity index is 7.61. The van der Waals surface area contributed by atoms with Gasteiger partial charge in [-0.1, -0.05) is 0 Å². The van der Waals surface area contributed by atoms with Crippen LogP contribution in [-0.2, 0) is 44.8 Å². The Morgan fingerprint density at radius 1 is 1.00 bits per heavy atom. The fraction of sp³-hybridized carbons (Fsp3) is 0. The SMILES string of the molecule is Br.ClBr.[Ag].[Ag]. The van der Waals surface area contributed by atoms with Gasteiger partial charge in [0.2, 0.25) is 0 Å². The third-order valence-electron chi connectivity index (χ3n) is 0. The molecule has 0 aliphatic carbocycles. The van der Waals surface area contributed by atoms with Crippen LogP contribution in [0.4, 0.5) is 0 Å². The van der Waals surface area contributed by atoms with Gasteiger partial charge in [0.05, 0.1) is 0 Å². The second-order valence-corrected chi connectivity index (χ2v) is 0. The largest absolute Gasteiger partial charge is 0.114 e. The van der Waals surface area contributed by atoms with Crippen molar-refractivity contribution >= 4 is 42.1 Å². The van der Waals surface area contributed by atoms with E-state index < -0.39 is 0 Å². The van der Waals surface area contributed by atoms with Crippen LogP contribution in [0.15, 0.2) is 0 Å². The van der Waals surface area contributed by atoms with E-state index in [0.717, 1.165) is 0 Å². The first-order valence-corrected chi connectivity index (χ1v) is 2.23. The van der Waals surface area contributed by atoms with Crippen molar-refractivity contribution < 1.29 is 44.8 Å². The zero-order chi connectivity index (χ0) is 2.00. The van der Waals surface area contributed by atoms with Gasteiger partial charge in [-0.25, -0.2) is 0 Å². The molecule has 0 amide bonds. The predicted molar refractivity (Wildman–Crippen MR) is 25.1 cm³/mol. The van der Waals surface area contributed by atoms with Gasteiger partial charge in [-0.05, 0) is 10.1 Å². The van der Waals surface area contributed by atoms with E-state index in [1.165, 1.54) is 0 Å². The first-order valence-electron chi connectivity index (χ1n) is 0.143. The number of halogens is 3. The van der Waals surface area contributed by atoms with Crippen molar-refractivity contribution in [1.29, 1.82) is 0 Å². The molecule has 2 radical (unpaired) electrons. The Labute approximate surface area is 85.6 Å². The van der Waals surface area contributed by atoms with Crippen molar-refractivity contribution in [2.24, 2.45) is 0 Å². The van der Waals surface area contributed by atoms with Gasteiger partial charge >= 0.3 is 0 Å². The molecule has 0 atom stereocenters. The first-order chi connectivity index (χ1) is 1.00. The van der Waals surface area contributed by atoms with Gasteiger partial charge < -0.3 is 0 Å². The Balaban J connectivity index is -0.00000000167. The summed E-state index contributed by atoms with van der Waals surface area (Å²) >= 11 is 2.41. The molecule has 0 saturated heterocycles. The number of hydrogen-bond acceptors (Lipinski definition) is 0. The van der Waals surface area contributed by atoms with Crippen molar-refractivity contribution in [3.05, 3.63) is 0 Å². The summed E-state index contributed by atoms with van der Waals surface area (Å²) in [4.78, 5) is 0. The van der Waals surface area contributed by atoms with Crippen molar-refractivity contribution in [2.75, 3.05) is 0 Å². The fourth-order valence-corrected chi connectivity index (χ4v) is 0. The minimum Gasteiger partial charge on any atom is -0.114 e. The molecule has 0 aliphatic heterocycles. The molecule has 44 valence electrons. The molecule has 0 saturated carbocycles. The average molecular weight is 412 g/mol. The van der Waals surface area contributed by atoms with Crippen LogP contribution >= 0.6 is 42.1 Å². The van der Waals surface area contributed by atoms with Gasteiger partial charge in [-0.2, -0.15) is 0 Å². The van der Waals surface area contributed by atoms with E-state index in [-0.39, 0.29) is 61.7 Å². The molecule has 0 rings (SSSR count). The van der Waals surface area contributed by atoms with Gasteiger partial charge in [-0.3, -0.25) is 0 Å². The van der Waals surface area contributed by atoms with Crippen molar-refractivity contribution in [3.63, 3.8) is 0 Å². The third-order valence-corrected chi connectivity index (χ3v) is 0. The normalized spacial score (nSPS) is 1.20. The van der Waals surface area contributed by atoms with Crippen LogP contribution in [0.5, 0.6) is 0 Å². The second kappa shape index (κ2) is 29.6. The van der Waals surface area contributed by atoms with Crippen LogP contribution in [0.25, 0.3) is 0 Å². The van der Waals surface area contributed by atoms with Crippen molar-refractivity contribution in [3.8, 4) is 0 Å².